The van der Waals surface area contributed by atoms with Gasteiger partial charge < -0.3 is 15.1 Å². The summed E-state index contributed by atoms with van der Waals surface area (Å²) in [6.45, 7) is 13.1. The smallest absolute Gasteiger partial charge is 0.246 e. The van der Waals surface area contributed by atoms with Crippen LogP contribution in [0.3, 0.4) is 0 Å². The van der Waals surface area contributed by atoms with E-state index in [4.69, 9.17) is 0 Å². The molecule has 0 bridgehead atoms. The fraction of sp³-hybridized carbons (Fsp3) is 0.667. The molecule has 1 aliphatic rings. The molecule has 1 saturated heterocycles. The van der Waals surface area contributed by atoms with Crippen LogP contribution in [0.2, 0.25) is 0 Å². The molecular formula is C15H29N3O. The SMILES string of the molecule is C=C(C)C(=O)NCCCN(C)C.C=CN1CCCC1. The van der Waals surface area contributed by atoms with E-state index in [1.54, 1.807) is 6.92 Å². The summed E-state index contributed by atoms with van der Waals surface area (Å²) in [6, 6.07) is 0. The molecule has 0 aromatic heterocycles. The normalized spacial score (nSPS) is 13.8. The van der Waals surface area contributed by atoms with Gasteiger partial charge in [-0.05, 0) is 53.0 Å². The van der Waals surface area contributed by atoms with Crippen molar-refractivity contribution in [3.8, 4) is 0 Å². The third-order valence-electron chi connectivity index (χ3n) is 2.85. The van der Waals surface area contributed by atoms with Crippen LogP contribution in [0.5, 0.6) is 0 Å². The summed E-state index contributed by atoms with van der Waals surface area (Å²) < 4.78 is 0. The molecule has 1 aliphatic heterocycles. The van der Waals surface area contributed by atoms with Crippen molar-refractivity contribution in [1.29, 1.82) is 0 Å². The molecule has 0 aliphatic carbocycles. The Morgan fingerprint density at radius 3 is 2.32 bits per heavy atom. The highest BCUT2D eigenvalue weighted by Crippen LogP contribution is 2.05. The Bertz CT molecular complexity index is 281. The molecule has 1 heterocycles. The molecule has 1 fully saturated rings. The third-order valence-corrected chi connectivity index (χ3v) is 2.85. The fourth-order valence-corrected chi connectivity index (χ4v) is 1.67. The van der Waals surface area contributed by atoms with Crippen molar-refractivity contribution in [2.75, 3.05) is 40.3 Å². The Hall–Kier alpha value is -1.29. The lowest BCUT2D eigenvalue weighted by Crippen LogP contribution is -2.27. The second kappa shape index (κ2) is 10.6. The van der Waals surface area contributed by atoms with Crippen LogP contribution >= 0.6 is 0 Å². The standard InChI is InChI=1S/C9H18N2O.C6H11N/c1-8(2)9(12)10-6-5-7-11(3)4;1-2-7-5-3-4-6-7/h1,5-7H2,2-4H3,(H,10,12);2H,1,3-6H2. The molecule has 0 unspecified atom stereocenters. The van der Waals surface area contributed by atoms with Crippen molar-refractivity contribution >= 4 is 5.91 Å². The lowest BCUT2D eigenvalue weighted by atomic mass is 10.3. The van der Waals surface area contributed by atoms with E-state index in [1.165, 1.54) is 25.9 Å². The monoisotopic (exact) mass is 267 g/mol. The van der Waals surface area contributed by atoms with Gasteiger partial charge in [0.2, 0.25) is 5.91 Å². The van der Waals surface area contributed by atoms with Crippen molar-refractivity contribution in [1.82, 2.24) is 15.1 Å². The largest absolute Gasteiger partial charge is 0.378 e. The van der Waals surface area contributed by atoms with Gasteiger partial charge in [-0.2, -0.15) is 0 Å². The van der Waals surface area contributed by atoms with Crippen LogP contribution < -0.4 is 5.32 Å². The number of hydrogen-bond acceptors (Lipinski definition) is 3. The molecule has 0 saturated carbocycles. The van der Waals surface area contributed by atoms with Gasteiger partial charge in [-0.3, -0.25) is 4.79 Å². The van der Waals surface area contributed by atoms with Crippen LogP contribution in [0.15, 0.2) is 24.9 Å². The van der Waals surface area contributed by atoms with Crippen molar-refractivity contribution in [3.05, 3.63) is 24.9 Å². The van der Waals surface area contributed by atoms with Gasteiger partial charge in [-0.1, -0.05) is 13.2 Å². The Kier molecular flexibility index (Phi) is 9.90. The average molecular weight is 267 g/mol. The molecule has 4 heteroatoms. The van der Waals surface area contributed by atoms with E-state index in [1.807, 2.05) is 20.3 Å². The number of likely N-dealkylation sites (tertiary alicyclic amines) is 1. The summed E-state index contributed by atoms with van der Waals surface area (Å²) in [4.78, 5) is 15.3. The van der Waals surface area contributed by atoms with Crippen LogP contribution in [0, 0.1) is 0 Å². The van der Waals surface area contributed by atoms with Crippen molar-refractivity contribution in [2.45, 2.75) is 26.2 Å². The molecule has 4 nitrogen and oxygen atoms in total. The number of nitrogens with one attached hydrogen (secondary N) is 1. The maximum absolute atomic E-state index is 11.0. The topological polar surface area (TPSA) is 35.6 Å². The molecule has 0 spiro atoms. The molecule has 110 valence electrons. The highest BCUT2D eigenvalue weighted by atomic mass is 16.1. The maximum atomic E-state index is 11.0. The van der Waals surface area contributed by atoms with Crippen molar-refractivity contribution in [2.24, 2.45) is 0 Å². The van der Waals surface area contributed by atoms with Crippen LogP contribution in [0.25, 0.3) is 0 Å². The second-order valence-electron chi connectivity index (χ2n) is 5.12. The Labute approximate surface area is 118 Å². The summed E-state index contributed by atoms with van der Waals surface area (Å²) in [5.74, 6) is -0.0474. The number of amides is 1. The van der Waals surface area contributed by atoms with E-state index >= 15 is 0 Å². The molecule has 0 atom stereocenters. The van der Waals surface area contributed by atoms with Gasteiger partial charge in [0.15, 0.2) is 0 Å². The van der Waals surface area contributed by atoms with Crippen LogP contribution in [-0.2, 0) is 4.79 Å². The molecule has 0 aromatic rings. The van der Waals surface area contributed by atoms with Gasteiger partial charge in [0, 0.05) is 25.2 Å². The number of nitrogens with zero attached hydrogens (tertiary/aromatic N) is 2. The third kappa shape index (κ3) is 10.3. The van der Waals surface area contributed by atoms with Gasteiger partial charge >= 0.3 is 0 Å². The van der Waals surface area contributed by atoms with E-state index in [0.29, 0.717) is 5.57 Å². The van der Waals surface area contributed by atoms with Crippen molar-refractivity contribution in [3.63, 3.8) is 0 Å². The van der Waals surface area contributed by atoms with Crippen LogP contribution in [0.4, 0.5) is 0 Å². The van der Waals surface area contributed by atoms with E-state index in [9.17, 15) is 4.79 Å². The Morgan fingerprint density at radius 2 is 1.95 bits per heavy atom. The van der Waals surface area contributed by atoms with Gasteiger partial charge in [0.25, 0.3) is 0 Å². The van der Waals surface area contributed by atoms with Crippen molar-refractivity contribution < 1.29 is 4.79 Å². The first-order valence-corrected chi connectivity index (χ1v) is 6.92. The molecular weight excluding hydrogens is 238 g/mol. The highest BCUT2D eigenvalue weighted by molar-refractivity contribution is 5.91. The summed E-state index contributed by atoms with van der Waals surface area (Å²) in [7, 11) is 4.03. The lowest BCUT2D eigenvalue weighted by molar-refractivity contribution is -0.117. The average Bonchev–Trinajstić information content (AvgIpc) is 2.87. The van der Waals surface area contributed by atoms with E-state index < -0.39 is 0 Å². The molecule has 1 N–H and O–H groups in total. The quantitative estimate of drug-likeness (QED) is 0.589. The Balaban J connectivity index is 0.000000388. The van der Waals surface area contributed by atoms with Gasteiger partial charge in [0.05, 0.1) is 0 Å². The summed E-state index contributed by atoms with van der Waals surface area (Å²) >= 11 is 0. The summed E-state index contributed by atoms with van der Waals surface area (Å²) in [5, 5.41) is 2.77. The molecule has 0 radical (unpaired) electrons. The zero-order chi connectivity index (χ0) is 14.7. The lowest BCUT2D eigenvalue weighted by Gasteiger charge is -2.09. The molecule has 0 aromatic carbocycles. The maximum Gasteiger partial charge on any atom is 0.246 e. The van der Waals surface area contributed by atoms with Gasteiger partial charge in [-0.25, -0.2) is 0 Å². The van der Waals surface area contributed by atoms with E-state index in [2.05, 4.69) is 28.3 Å². The summed E-state index contributed by atoms with van der Waals surface area (Å²) in [6.07, 6.45) is 5.61. The zero-order valence-electron chi connectivity index (χ0n) is 12.7. The predicted octanol–water partition coefficient (Wildman–Crippen LogP) is 1.86. The minimum absolute atomic E-state index is 0.0474. The predicted molar refractivity (Wildman–Crippen MR) is 82.0 cm³/mol. The molecule has 19 heavy (non-hydrogen) atoms. The van der Waals surface area contributed by atoms with Gasteiger partial charge in [0.1, 0.15) is 0 Å². The van der Waals surface area contributed by atoms with Crippen LogP contribution in [-0.4, -0.2) is 56.0 Å². The first kappa shape index (κ1) is 17.7. The first-order valence-electron chi connectivity index (χ1n) is 6.92. The number of carbonyl (C=O) groups is 1. The Morgan fingerprint density at radius 1 is 1.37 bits per heavy atom. The molecule has 1 rings (SSSR count). The number of hydrogen-bond donors (Lipinski definition) is 1. The van der Waals surface area contributed by atoms with E-state index in [-0.39, 0.29) is 5.91 Å². The van der Waals surface area contributed by atoms with Crippen LogP contribution in [0.1, 0.15) is 26.2 Å². The number of carbonyl (C=O) groups excluding carboxylic acids is 1. The zero-order valence-corrected chi connectivity index (χ0v) is 12.7. The summed E-state index contributed by atoms with van der Waals surface area (Å²) in [5.41, 5.74) is 0.569. The highest BCUT2D eigenvalue weighted by Gasteiger charge is 2.04. The minimum Gasteiger partial charge on any atom is -0.378 e. The fourth-order valence-electron chi connectivity index (χ4n) is 1.67. The first-order chi connectivity index (χ1) is 8.97. The molecule has 1 amide bonds. The minimum atomic E-state index is -0.0474. The second-order valence-corrected chi connectivity index (χ2v) is 5.12. The van der Waals surface area contributed by atoms with E-state index in [0.717, 1.165) is 19.5 Å². The number of rotatable bonds is 6. The van der Waals surface area contributed by atoms with Gasteiger partial charge in [-0.15, -0.1) is 0 Å².